The SMILES string of the molecule is CC(C)(C)NC(=O)OC1CCC(NC(=O)c2cn3ccccc3n2)CC1. The largest absolute Gasteiger partial charge is 0.446 e. The number of aromatic nitrogens is 2. The van der Waals surface area contributed by atoms with E-state index in [0.29, 0.717) is 5.69 Å². The molecule has 0 saturated heterocycles. The van der Waals surface area contributed by atoms with Gasteiger partial charge in [-0.15, -0.1) is 0 Å². The fraction of sp³-hybridized carbons (Fsp3) is 0.526. The fourth-order valence-electron chi connectivity index (χ4n) is 3.12. The van der Waals surface area contributed by atoms with Crippen molar-refractivity contribution >= 4 is 17.6 Å². The Morgan fingerprint density at radius 3 is 2.58 bits per heavy atom. The Bertz CT molecular complexity index is 752. The molecule has 3 rings (SSSR count). The first-order valence-electron chi connectivity index (χ1n) is 9.03. The number of rotatable bonds is 3. The summed E-state index contributed by atoms with van der Waals surface area (Å²) >= 11 is 0. The summed E-state index contributed by atoms with van der Waals surface area (Å²) in [6.45, 7) is 5.75. The van der Waals surface area contributed by atoms with Gasteiger partial charge in [0, 0.05) is 24.0 Å². The Kier molecular flexibility index (Phi) is 5.15. The van der Waals surface area contributed by atoms with Crippen LogP contribution in [0, 0.1) is 0 Å². The molecule has 0 aromatic carbocycles. The third-order valence-electron chi connectivity index (χ3n) is 4.36. The van der Waals surface area contributed by atoms with Gasteiger partial charge in [0.25, 0.3) is 5.91 Å². The molecule has 2 aromatic rings. The van der Waals surface area contributed by atoms with Gasteiger partial charge in [0.2, 0.25) is 0 Å². The van der Waals surface area contributed by atoms with Gasteiger partial charge >= 0.3 is 6.09 Å². The maximum atomic E-state index is 12.4. The number of nitrogens with one attached hydrogen (secondary N) is 2. The number of ether oxygens (including phenoxy) is 1. The van der Waals surface area contributed by atoms with E-state index in [1.165, 1.54) is 0 Å². The topological polar surface area (TPSA) is 84.7 Å². The first-order chi connectivity index (χ1) is 12.3. The highest BCUT2D eigenvalue weighted by molar-refractivity contribution is 5.93. The second kappa shape index (κ2) is 7.35. The van der Waals surface area contributed by atoms with Crippen molar-refractivity contribution in [3.63, 3.8) is 0 Å². The number of carbonyl (C=O) groups excluding carboxylic acids is 2. The Hall–Kier alpha value is -2.57. The average Bonchev–Trinajstić information content (AvgIpc) is 2.99. The normalized spacial score (nSPS) is 20.6. The van der Waals surface area contributed by atoms with Crippen LogP contribution in [0.1, 0.15) is 56.9 Å². The zero-order chi connectivity index (χ0) is 18.7. The second-order valence-electron chi connectivity index (χ2n) is 7.82. The Morgan fingerprint density at radius 2 is 1.92 bits per heavy atom. The third-order valence-corrected chi connectivity index (χ3v) is 4.36. The number of amides is 2. The minimum Gasteiger partial charge on any atom is -0.446 e. The Balaban J connectivity index is 1.47. The summed E-state index contributed by atoms with van der Waals surface area (Å²) in [5.74, 6) is -0.163. The molecule has 0 radical (unpaired) electrons. The van der Waals surface area contributed by atoms with Crippen molar-refractivity contribution in [1.29, 1.82) is 0 Å². The Morgan fingerprint density at radius 1 is 1.19 bits per heavy atom. The van der Waals surface area contributed by atoms with Crippen LogP contribution in [0.5, 0.6) is 0 Å². The van der Waals surface area contributed by atoms with Crippen molar-refractivity contribution in [2.75, 3.05) is 0 Å². The van der Waals surface area contributed by atoms with E-state index in [1.54, 1.807) is 6.20 Å². The standard InChI is InChI=1S/C19H26N4O3/c1-19(2,3)22-18(25)26-14-9-7-13(8-10-14)20-17(24)15-12-23-11-5-4-6-16(23)21-15/h4-6,11-14H,7-10H2,1-3H3,(H,20,24)(H,22,25). The number of alkyl carbamates (subject to hydrolysis) is 1. The number of fused-ring (bicyclic) bond motifs is 1. The molecule has 0 spiro atoms. The van der Waals surface area contributed by atoms with E-state index in [2.05, 4.69) is 15.6 Å². The van der Waals surface area contributed by atoms with Crippen LogP contribution >= 0.6 is 0 Å². The quantitative estimate of drug-likeness (QED) is 0.883. The second-order valence-corrected chi connectivity index (χ2v) is 7.82. The molecule has 0 atom stereocenters. The molecule has 0 bridgehead atoms. The number of nitrogens with zero attached hydrogens (tertiary/aromatic N) is 2. The van der Waals surface area contributed by atoms with Crippen molar-refractivity contribution in [3.05, 3.63) is 36.3 Å². The third kappa shape index (κ3) is 4.74. The molecule has 2 aromatic heterocycles. The van der Waals surface area contributed by atoms with Gasteiger partial charge in [-0.1, -0.05) is 6.07 Å². The molecule has 7 nitrogen and oxygen atoms in total. The first kappa shape index (κ1) is 18.2. The summed E-state index contributed by atoms with van der Waals surface area (Å²) < 4.78 is 7.29. The lowest BCUT2D eigenvalue weighted by atomic mass is 9.93. The summed E-state index contributed by atoms with van der Waals surface area (Å²) in [5.41, 5.74) is 0.856. The number of hydrogen-bond donors (Lipinski definition) is 2. The fourth-order valence-corrected chi connectivity index (χ4v) is 3.12. The van der Waals surface area contributed by atoms with E-state index in [-0.39, 0.29) is 29.7 Å². The van der Waals surface area contributed by atoms with Gasteiger partial charge in [-0.05, 0) is 58.6 Å². The lowest BCUT2D eigenvalue weighted by Gasteiger charge is -2.30. The molecule has 1 fully saturated rings. The van der Waals surface area contributed by atoms with Crippen LogP contribution in [-0.2, 0) is 4.74 Å². The minimum atomic E-state index is -0.380. The van der Waals surface area contributed by atoms with E-state index >= 15 is 0 Å². The monoisotopic (exact) mass is 358 g/mol. The smallest absolute Gasteiger partial charge is 0.407 e. The molecule has 2 amide bonds. The molecule has 1 aliphatic rings. The molecule has 0 aliphatic heterocycles. The lowest BCUT2D eigenvalue weighted by Crippen LogP contribution is -2.44. The van der Waals surface area contributed by atoms with Crippen LogP contribution in [0.2, 0.25) is 0 Å². The molecule has 1 saturated carbocycles. The lowest BCUT2D eigenvalue weighted by molar-refractivity contribution is 0.0615. The summed E-state index contributed by atoms with van der Waals surface area (Å²) in [6, 6.07) is 5.73. The molecular formula is C19H26N4O3. The first-order valence-corrected chi connectivity index (χ1v) is 9.03. The highest BCUT2D eigenvalue weighted by Crippen LogP contribution is 2.22. The molecule has 1 aliphatic carbocycles. The highest BCUT2D eigenvalue weighted by atomic mass is 16.6. The van der Waals surface area contributed by atoms with Crippen molar-refractivity contribution < 1.29 is 14.3 Å². The van der Waals surface area contributed by atoms with Crippen LogP contribution in [0.15, 0.2) is 30.6 Å². The zero-order valence-electron chi connectivity index (χ0n) is 15.5. The van der Waals surface area contributed by atoms with Crippen LogP contribution in [0.3, 0.4) is 0 Å². The van der Waals surface area contributed by atoms with Crippen LogP contribution in [0.4, 0.5) is 4.79 Å². The molecule has 0 unspecified atom stereocenters. The molecule has 26 heavy (non-hydrogen) atoms. The maximum Gasteiger partial charge on any atom is 0.407 e. The van der Waals surface area contributed by atoms with Crippen LogP contribution in [0.25, 0.3) is 5.65 Å². The number of hydrogen-bond acceptors (Lipinski definition) is 4. The van der Waals surface area contributed by atoms with Gasteiger partial charge in [-0.2, -0.15) is 0 Å². The van der Waals surface area contributed by atoms with E-state index in [1.807, 2.05) is 49.6 Å². The molecule has 7 heteroatoms. The van der Waals surface area contributed by atoms with Gasteiger partial charge in [-0.3, -0.25) is 4.79 Å². The average molecular weight is 358 g/mol. The number of pyridine rings is 1. The molecule has 2 heterocycles. The van der Waals surface area contributed by atoms with Gasteiger partial charge < -0.3 is 19.8 Å². The number of carbonyl (C=O) groups is 2. The van der Waals surface area contributed by atoms with Crippen molar-refractivity contribution in [1.82, 2.24) is 20.0 Å². The van der Waals surface area contributed by atoms with Gasteiger partial charge in [-0.25, -0.2) is 9.78 Å². The summed E-state index contributed by atoms with van der Waals surface area (Å²) in [5, 5.41) is 5.84. The van der Waals surface area contributed by atoms with E-state index in [9.17, 15) is 9.59 Å². The van der Waals surface area contributed by atoms with Gasteiger partial charge in [0.1, 0.15) is 17.4 Å². The van der Waals surface area contributed by atoms with Crippen molar-refractivity contribution in [2.45, 2.75) is 64.1 Å². The van der Waals surface area contributed by atoms with Crippen molar-refractivity contribution in [2.24, 2.45) is 0 Å². The predicted octanol–water partition coefficient (Wildman–Crippen LogP) is 2.90. The molecular weight excluding hydrogens is 332 g/mol. The van der Waals surface area contributed by atoms with Crippen molar-refractivity contribution in [3.8, 4) is 0 Å². The van der Waals surface area contributed by atoms with Gasteiger partial charge in [0.15, 0.2) is 0 Å². The predicted molar refractivity (Wildman–Crippen MR) is 98.1 cm³/mol. The summed E-state index contributed by atoms with van der Waals surface area (Å²) in [4.78, 5) is 28.6. The number of imidazole rings is 1. The van der Waals surface area contributed by atoms with Gasteiger partial charge in [0.05, 0.1) is 0 Å². The van der Waals surface area contributed by atoms with E-state index < -0.39 is 0 Å². The van der Waals surface area contributed by atoms with Crippen LogP contribution in [-0.4, -0.2) is 39.1 Å². The molecule has 140 valence electrons. The Labute approximate surface area is 153 Å². The molecule has 2 N–H and O–H groups in total. The highest BCUT2D eigenvalue weighted by Gasteiger charge is 2.26. The van der Waals surface area contributed by atoms with E-state index in [4.69, 9.17) is 4.74 Å². The minimum absolute atomic E-state index is 0.0813. The summed E-state index contributed by atoms with van der Waals surface area (Å²) in [7, 11) is 0. The van der Waals surface area contributed by atoms with E-state index in [0.717, 1.165) is 31.3 Å². The zero-order valence-corrected chi connectivity index (χ0v) is 15.5. The van der Waals surface area contributed by atoms with Crippen LogP contribution < -0.4 is 10.6 Å². The maximum absolute atomic E-state index is 12.4. The summed E-state index contributed by atoms with van der Waals surface area (Å²) in [6.07, 6.45) is 6.18.